The monoisotopic (exact) mass is 270 g/mol. The van der Waals surface area contributed by atoms with Gasteiger partial charge in [0, 0.05) is 37.9 Å². The van der Waals surface area contributed by atoms with Crippen molar-refractivity contribution >= 4 is 0 Å². The van der Waals surface area contributed by atoms with Gasteiger partial charge in [-0.25, -0.2) is 4.98 Å². The maximum absolute atomic E-state index is 12.0. The second-order valence-electron chi connectivity index (χ2n) is 5.29. The second-order valence-corrected chi connectivity index (χ2v) is 5.29. The Morgan fingerprint density at radius 1 is 1.40 bits per heavy atom. The highest BCUT2D eigenvalue weighted by Gasteiger charge is 2.21. The molecule has 2 aromatic heterocycles. The van der Waals surface area contributed by atoms with Crippen molar-refractivity contribution in [1.82, 2.24) is 19.9 Å². The molecule has 5 heteroatoms. The smallest absolute Gasteiger partial charge is 0.255 e. The van der Waals surface area contributed by atoms with E-state index >= 15 is 0 Å². The Kier molecular flexibility index (Phi) is 3.36. The summed E-state index contributed by atoms with van der Waals surface area (Å²) < 4.78 is 0. The first-order chi connectivity index (χ1) is 9.63. The zero-order chi connectivity index (χ0) is 14.1. The number of hydrogen-bond acceptors (Lipinski definition) is 4. The summed E-state index contributed by atoms with van der Waals surface area (Å²) in [6.45, 7) is 6.26. The third-order valence-corrected chi connectivity index (χ3v) is 3.78. The van der Waals surface area contributed by atoms with Gasteiger partial charge in [-0.3, -0.25) is 14.7 Å². The molecule has 0 aliphatic carbocycles. The number of fused-ring (bicyclic) bond motifs is 1. The summed E-state index contributed by atoms with van der Waals surface area (Å²) in [5, 5.41) is 0. The quantitative estimate of drug-likeness (QED) is 0.894. The van der Waals surface area contributed by atoms with Crippen molar-refractivity contribution in [3.63, 3.8) is 0 Å². The van der Waals surface area contributed by atoms with E-state index in [4.69, 9.17) is 0 Å². The molecule has 0 atom stereocenters. The van der Waals surface area contributed by atoms with Gasteiger partial charge in [-0.15, -0.1) is 0 Å². The molecule has 3 rings (SSSR count). The van der Waals surface area contributed by atoms with E-state index in [1.165, 1.54) is 5.56 Å². The summed E-state index contributed by atoms with van der Waals surface area (Å²) in [5.41, 5.74) is 4.02. The minimum Gasteiger partial charge on any atom is -0.310 e. The molecule has 1 N–H and O–H groups in total. The molecule has 104 valence electrons. The highest BCUT2D eigenvalue weighted by molar-refractivity contribution is 5.22. The minimum absolute atomic E-state index is 0.000101. The van der Waals surface area contributed by atoms with Crippen molar-refractivity contribution in [2.45, 2.75) is 33.4 Å². The van der Waals surface area contributed by atoms with Gasteiger partial charge in [0.1, 0.15) is 5.82 Å². The molecule has 0 saturated heterocycles. The second kappa shape index (κ2) is 5.17. The molecule has 0 aromatic carbocycles. The number of hydrogen-bond donors (Lipinski definition) is 1. The van der Waals surface area contributed by atoms with E-state index in [-0.39, 0.29) is 5.56 Å². The van der Waals surface area contributed by atoms with Crippen LogP contribution in [0.25, 0.3) is 0 Å². The molecule has 5 nitrogen and oxygen atoms in total. The predicted molar refractivity (Wildman–Crippen MR) is 76.4 cm³/mol. The van der Waals surface area contributed by atoms with Crippen LogP contribution < -0.4 is 5.56 Å². The molecule has 0 amide bonds. The van der Waals surface area contributed by atoms with E-state index < -0.39 is 0 Å². The van der Waals surface area contributed by atoms with Crippen molar-refractivity contribution < 1.29 is 0 Å². The molecule has 0 spiro atoms. The molecule has 0 radical (unpaired) electrons. The summed E-state index contributed by atoms with van der Waals surface area (Å²) in [6, 6.07) is 4.05. The van der Waals surface area contributed by atoms with Gasteiger partial charge in [0.05, 0.1) is 11.3 Å². The summed E-state index contributed by atoms with van der Waals surface area (Å²) in [6.07, 6.45) is 2.64. The molecule has 0 bridgehead atoms. The number of nitrogens with zero attached hydrogens (tertiary/aromatic N) is 3. The van der Waals surface area contributed by atoms with Crippen LogP contribution in [0.5, 0.6) is 0 Å². The third kappa shape index (κ3) is 2.49. The molecular weight excluding hydrogens is 252 g/mol. The predicted octanol–water partition coefficient (Wildman–Crippen LogP) is 1.34. The molecule has 1 aliphatic heterocycles. The summed E-state index contributed by atoms with van der Waals surface area (Å²) >= 11 is 0. The summed E-state index contributed by atoms with van der Waals surface area (Å²) in [5.74, 6) is 0.699. The molecule has 3 heterocycles. The van der Waals surface area contributed by atoms with Crippen LogP contribution in [0.15, 0.2) is 23.1 Å². The molecule has 20 heavy (non-hydrogen) atoms. The molecule has 1 aliphatic rings. The molecular formula is C15H18N4O. The van der Waals surface area contributed by atoms with Crippen molar-refractivity contribution in [2.24, 2.45) is 0 Å². The average Bonchev–Trinajstić information content (AvgIpc) is 2.42. The lowest BCUT2D eigenvalue weighted by Gasteiger charge is -2.27. The fourth-order valence-corrected chi connectivity index (χ4v) is 2.67. The van der Waals surface area contributed by atoms with Crippen molar-refractivity contribution in [1.29, 1.82) is 0 Å². The Morgan fingerprint density at radius 3 is 3.05 bits per heavy atom. The van der Waals surface area contributed by atoms with Gasteiger partial charge in [0.25, 0.3) is 5.56 Å². The number of aromatic nitrogens is 3. The van der Waals surface area contributed by atoms with Crippen LogP contribution in [0.1, 0.15) is 28.3 Å². The highest BCUT2D eigenvalue weighted by Crippen LogP contribution is 2.17. The topological polar surface area (TPSA) is 61.9 Å². The number of aromatic amines is 1. The van der Waals surface area contributed by atoms with Gasteiger partial charge < -0.3 is 4.98 Å². The Labute approximate surface area is 117 Å². The van der Waals surface area contributed by atoms with Gasteiger partial charge in [-0.1, -0.05) is 6.07 Å². The normalized spacial score (nSPS) is 15.1. The molecule has 0 unspecified atom stereocenters. The third-order valence-electron chi connectivity index (χ3n) is 3.78. The molecule has 0 fully saturated rings. The Bertz CT molecular complexity index is 693. The van der Waals surface area contributed by atoms with Gasteiger partial charge in [0.15, 0.2) is 0 Å². The van der Waals surface area contributed by atoms with Crippen molar-refractivity contribution in [3.8, 4) is 0 Å². The zero-order valence-corrected chi connectivity index (χ0v) is 11.8. The van der Waals surface area contributed by atoms with Crippen LogP contribution in [-0.4, -0.2) is 26.4 Å². The lowest BCUT2D eigenvalue weighted by atomic mass is 10.1. The Morgan fingerprint density at radius 2 is 2.25 bits per heavy atom. The standard InChI is InChI=1S/C15H18N4O/c1-10-12(4-3-6-16-10)8-19-7-5-14-13(9-19)15(20)18-11(2)17-14/h3-4,6H,5,7-9H2,1-2H3,(H,17,18,20). The van der Waals surface area contributed by atoms with Crippen LogP contribution in [0, 0.1) is 13.8 Å². The van der Waals surface area contributed by atoms with Gasteiger partial charge in [-0.05, 0) is 25.5 Å². The first-order valence-corrected chi connectivity index (χ1v) is 6.85. The van der Waals surface area contributed by atoms with E-state index in [9.17, 15) is 4.79 Å². The maximum atomic E-state index is 12.0. The first-order valence-electron chi connectivity index (χ1n) is 6.85. The Balaban J connectivity index is 1.83. The van der Waals surface area contributed by atoms with E-state index in [1.54, 1.807) is 0 Å². The zero-order valence-electron chi connectivity index (χ0n) is 11.8. The molecule has 2 aromatic rings. The van der Waals surface area contributed by atoms with E-state index in [0.717, 1.165) is 36.5 Å². The summed E-state index contributed by atoms with van der Waals surface area (Å²) in [4.78, 5) is 25.8. The molecule has 0 saturated carbocycles. The summed E-state index contributed by atoms with van der Waals surface area (Å²) in [7, 11) is 0. The van der Waals surface area contributed by atoms with Crippen LogP contribution in [-0.2, 0) is 19.5 Å². The lowest BCUT2D eigenvalue weighted by molar-refractivity contribution is 0.240. The van der Waals surface area contributed by atoms with E-state index in [2.05, 4.69) is 25.9 Å². The number of H-pyrrole nitrogens is 1. The fourth-order valence-electron chi connectivity index (χ4n) is 2.67. The van der Waals surface area contributed by atoms with Crippen molar-refractivity contribution in [2.75, 3.05) is 6.54 Å². The lowest BCUT2D eigenvalue weighted by Crippen LogP contribution is -2.35. The van der Waals surface area contributed by atoms with Crippen LogP contribution in [0.2, 0.25) is 0 Å². The maximum Gasteiger partial charge on any atom is 0.255 e. The Hall–Kier alpha value is -2.01. The van der Waals surface area contributed by atoms with E-state index in [0.29, 0.717) is 12.4 Å². The SMILES string of the molecule is Cc1nc2c(c(=O)[nH]1)CN(Cc1cccnc1C)CC2. The van der Waals surface area contributed by atoms with Crippen LogP contribution in [0.4, 0.5) is 0 Å². The van der Waals surface area contributed by atoms with E-state index in [1.807, 2.05) is 26.1 Å². The average molecular weight is 270 g/mol. The number of nitrogens with one attached hydrogen (secondary N) is 1. The van der Waals surface area contributed by atoms with Crippen LogP contribution >= 0.6 is 0 Å². The van der Waals surface area contributed by atoms with Crippen molar-refractivity contribution in [3.05, 3.63) is 57.0 Å². The number of pyridine rings is 1. The largest absolute Gasteiger partial charge is 0.310 e. The van der Waals surface area contributed by atoms with Gasteiger partial charge in [0.2, 0.25) is 0 Å². The van der Waals surface area contributed by atoms with Gasteiger partial charge >= 0.3 is 0 Å². The first kappa shape index (κ1) is 13.0. The minimum atomic E-state index is 0.000101. The number of rotatable bonds is 2. The van der Waals surface area contributed by atoms with Crippen LogP contribution in [0.3, 0.4) is 0 Å². The highest BCUT2D eigenvalue weighted by atomic mass is 16.1. The van der Waals surface area contributed by atoms with Gasteiger partial charge in [-0.2, -0.15) is 0 Å². The fraction of sp³-hybridized carbons (Fsp3) is 0.400. The number of aryl methyl sites for hydroxylation is 2.